The van der Waals surface area contributed by atoms with E-state index in [4.69, 9.17) is 9.72 Å². The maximum atomic E-state index is 13.0. The highest BCUT2D eigenvalue weighted by Gasteiger charge is 2.44. The second-order valence-electron chi connectivity index (χ2n) is 12.8. The van der Waals surface area contributed by atoms with Crippen LogP contribution >= 0.6 is 11.3 Å². The number of aromatic nitrogens is 2. The standard InChI is InChI=1S/C28H40F3N5O2S/c1-18-32-23(22-13-21(14-28(29,30)31)39-24(22)33-18)36-12-10-27(17-36)9-11-35(16-27)15-19-5-7-20(8-6-19)34-25(37)38-26(2,3)4/h13,19-20H,5-12,14-17H2,1-4H3,(H,34,37)/t19-,20-,27?. The molecule has 0 aromatic carbocycles. The van der Waals surface area contributed by atoms with Crippen LogP contribution in [0.15, 0.2) is 6.07 Å². The lowest BCUT2D eigenvalue weighted by Gasteiger charge is -2.32. The van der Waals surface area contributed by atoms with Gasteiger partial charge in [-0.25, -0.2) is 14.8 Å². The van der Waals surface area contributed by atoms with Crippen molar-refractivity contribution in [3.8, 4) is 0 Å². The van der Waals surface area contributed by atoms with Gasteiger partial charge in [0.1, 0.15) is 22.1 Å². The van der Waals surface area contributed by atoms with Gasteiger partial charge >= 0.3 is 12.3 Å². The summed E-state index contributed by atoms with van der Waals surface area (Å²) in [5.74, 6) is 2.02. The summed E-state index contributed by atoms with van der Waals surface area (Å²) in [6, 6.07) is 1.83. The minimum atomic E-state index is -4.23. The predicted molar refractivity (Wildman–Crippen MR) is 147 cm³/mol. The molecule has 3 fully saturated rings. The number of hydrogen-bond donors (Lipinski definition) is 1. The number of alkyl carbamates (subject to hydrolysis) is 1. The molecule has 1 saturated carbocycles. The predicted octanol–water partition coefficient (Wildman–Crippen LogP) is 6.09. The van der Waals surface area contributed by atoms with E-state index in [0.717, 1.165) is 93.8 Å². The number of halogens is 3. The third-order valence-electron chi connectivity index (χ3n) is 8.25. The number of nitrogens with zero attached hydrogens (tertiary/aromatic N) is 4. The number of fused-ring (bicyclic) bond motifs is 1. The number of rotatable bonds is 5. The van der Waals surface area contributed by atoms with Crippen molar-refractivity contribution in [1.29, 1.82) is 0 Å². The maximum Gasteiger partial charge on any atom is 0.407 e. The molecular formula is C28H40F3N5O2S. The third-order valence-corrected chi connectivity index (χ3v) is 9.28. The van der Waals surface area contributed by atoms with Crippen LogP contribution in [-0.4, -0.2) is 71.5 Å². The highest BCUT2D eigenvalue weighted by molar-refractivity contribution is 7.18. The average molecular weight is 568 g/mol. The monoisotopic (exact) mass is 567 g/mol. The Bertz CT molecular complexity index is 1190. The molecule has 1 spiro atoms. The fourth-order valence-electron chi connectivity index (χ4n) is 6.55. The van der Waals surface area contributed by atoms with Crippen molar-refractivity contribution >= 4 is 33.5 Å². The van der Waals surface area contributed by atoms with Gasteiger partial charge in [0.05, 0.1) is 11.8 Å². The second kappa shape index (κ2) is 10.7. The molecule has 1 amide bonds. The number of hydrogen-bond acceptors (Lipinski definition) is 7. The van der Waals surface area contributed by atoms with E-state index in [1.165, 1.54) is 0 Å². The zero-order chi connectivity index (χ0) is 28.0. The summed E-state index contributed by atoms with van der Waals surface area (Å²) < 4.78 is 44.4. The normalized spacial score (nSPS) is 26.6. The number of anilines is 1. The Morgan fingerprint density at radius 3 is 2.54 bits per heavy atom. The largest absolute Gasteiger partial charge is 0.444 e. The minimum Gasteiger partial charge on any atom is -0.444 e. The summed E-state index contributed by atoms with van der Waals surface area (Å²) in [4.78, 5) is 27.0. The van der Waals surface area contributed by atoms with Gasteiger partial charge in [-0.05, 0) is 84.7 Å². The number of amides is 1. The first-order valence-electron chi connectivity index (χ1n) is 14.1. The number of aryl methyl sites for hydroxylation is 1. The summed E-state index contributed by atoms with van der Waals surface area (Å²) >= 11 is 1.12. The van der Waals surface area contributed by atoms with Crippen LogP contribution in [0.4, 0.5) is 23.8 Å². The van der Waals surface area contributed by atoms with Crippen LogP contribution in [0, 0.1) is 18.3 Å². The Kier molecular flexibility index (Phi) is 7.78. The van der Waals surface area contributed by atoms with E-state index in [-0.39, 0.29) is 22.4 Å². The third kappa shape index (κ3) is 7.14. The molecule has 1 unspecified atom stereocenters. The number of thiophene rings is 1. The second-order valence-corrected chi connectivity index (χ2v) is 14.0. The van der Waals surface area contributed by atoms with Crippen LogP contribution in [0.25, 0.3) is 10.2 Å². The highest BCUT2D eigenvalue weighted by Crippen LogP contribution is 2.43. The topological polar surface area (TPSA) is 70.6 Å². The van der Waals surface area contributed by atoms with Gasteiger partial charge in [-0.15, -0.1) is 11.3 Å². The fraction of sp³-hybridized carbons (Fsp3) is 0.750. The lowest BCUT2D eigenvalue weighted by Crippen LogP contribution is -2.42. The first-order valence-corrected chi connectivity index (χ1v) is 14.9. The van der Waals surface area contributed by atoms with Crippen LogP contribution in [0.1, 0.15) is 70.0 Å². The average Bonchev–Trinajstić information content (AvgIpc) is 3.51. The Morgan fingerprint density at radius 2 is 1.85 bits per heavy atom. The van der Waals surface area contributed by atoms with Gasteiger partial charge < -0.3 is 19.9 Å². The lowest BCUT2D eigenvalue weighted by atomic mass is 9.85. The Morgan fingerprint density at radius 1 is 1.13 bits per heavy atom. The molecule has 2 aromatic heterocycles. The van der Waals surface area contributed by atoms with Gasteiger partial charge in [0.25, 0.3) is 0 Å². The fourth-order valence-corrected chi connectivity index (χ4v) is 7.65. The maximum absolute atomic E-state index is 13.0. The molecular weight excluding hydrogens is 527 g/mol. The molecule has 5 rings (SSSR count). The number of likely N-dealkylation sites (tertiary alicyclic amines) is 1. The van der Waals surface area contributed by atoms with Crippen molar-refractivity contribution in [3.63, 3.8) is 0 Å². The van der Waals surface area contributed by atoms with Gasteiger partial charge in [0, 0.05) is 42.5 Å². The zero-order valence-electron chi connectivity index (χ0n) is 23.4. The molecule has 0 radical (unpaired) electrons. The van der Waals surface area contributed by atoms with Crippen molar-refractivity contribution in [2.75, 3.05) is 37.6 Å². The summed E-state index contributed by atoms with van der Waals surface area (Å²) in [5.41, 5.74) is -0.285. The van der Waals surface area contributed by atoms with Crippen molar-refractivity contribution in [2.24, 2.45) is 11.3 Å². The van der Waals surface area contributed by atoms with Crippen molar-refractivity contribution in [3.05, 3.63) is 16.8 Å². The molecule has 4 heterocycles. The van der Waals surface area contributed by atoms with Gasteiger partial charge in [-0.2, -0.15) is 13.2 Å². The van der Waals surface area contributed by atoms with Crippen LogP contribution in [0.5, 0.6) is 0 Å². The van der Waals surface area contributed by atoms with E-state index >= 15 is 0 Å². The summed E-state index contributed by atoms with van der Waals surface area (Å²) in [6.45, 7) is 12.4. The SMILES string of the molecule is Cc1nc(N2CCC3(CCN(C[C@H]4CC[C@H](NC(=O)OC(C)(C)C)CC4)C3)C2)c2cc(CC(F)(F)F)sc2n1. The summed E-state index contributed by atoms with van der Waals surface area (Å²) in [6.07, 6.45) is 0.892. The van der Waals surface area contributed by atoms with Crippen molar-refractivity contribution in [2.45, 2.75) is 90.5 Å². The molecule has 1 aliphatic carbocycles. The van der Waals surface area contributed by atoms with Crippen molar-refractivity contribution < 1.29 is 22.7 Å². The number of ether oxygens (including phenoxy) is 1. The molecule has 0 bridgehead atoms. The lowest BCUT2D eigenvalue weighted by molar-refractivity contribution is -0.126. The summed E-state index contributed by atoms with van der Waals surface area (Å²) in [7, 11) is 0. The number of alkyl halides is 3. The summed E-state index contributed by atoms with van der Waals surface area (Å²) in [5, 5.41) is 3.78. The van der Waals surface area contributed by atoms with Crippen LogP contribution in [-0.2, 0) is 11.2 Å². The smallest absolute Gasteiger partial charge is 0.407 e. The van der Waals surface area contributed by atoms with E-state index in [1.54, 1.807) is 6.07 Å². The minimum absolute atomic E-state index is 0.186. The molecule has 216 valence electrons. The molecule has 11 heteroatoms. The van der Waals surface area contributed by atoms with E-state index in [1.807, 2.05) is 27.7 Å². The van der Waals surface area contributed by atoms with Crippen LogP contribution in [0.2, 0.25) is 0 Å². The van der Waals surface area contributed by atoms with Crippen molar-refractivity contribution in [1.82, 2.24) is 20.2 Å². The first kappa shape index (κ1) is 28.4. The molecule has 1 atom stereocenters. The molecule has 3 aliphatic rings. The molecule has 2 aliphatic heterocycles. The van der Waals surface area contributed by atoms with E-state index in [2.05, 4.69) is 20.1 Å². The Balaban J connectivity index is 1.15. The Labute approximate surface area is 232 Å². The van der Waals surface area contributed by atoms with Crippen LogP contribution in [0.3, 0.4) is 0 Å². The van der Waals surface area contributed by atoms with Gasteiger partial charge in [0.15, 0.2) is 0 Å². The van der Waals surface area contributed by atoms with Gasteiger partial charge in [0.2, 0.25) is 0 Å². The van der Waals surface area contributed by atoms with Crippen LogP contribution < -0.4 is 10.2 Å². The highest BCUT2D eigenvalue weighted by atomic mass is 32.1. The molecule has 1 N–H and O–H groups in total. The van der Waals surface area contributed by atoms with Gasteiger partial charge in [-0.1, -0.05) is 0 Å². The number of nitrogens with one attached hydrogen (secondary N) is 1. The zero-order valence-corrected chi connectivity index (χ0v) is 24.2. The quantitative estimate of drug-likeness (QED) is 0.472. The van der Waals surface area contributed by atoms with E-state index < -0.39 is 18.2 Å². The van der Waals surface area contributed by atoms with E-state index in [9.17, 15) is 18.0 Å². The molecule has 2 saturated heterocycles. The number of carbonyl (C=O) groups is 1. The van der Waals surface area contributed by atoms with Gasteiger partial charge in [-0.3, -0.25) is 0 Å². The molecule has 2 aromatic rings. The van der Waals surface area contributed by atoms with E-state index in [0.29, 0.717) is 16.6 Å². The Hall–Kier alpha value is -2.14. The molecule has 39 heavy (non-hydrogen) atoms. The number of carbonyl (C=O) groups excluding carboxylic acids is 1. The first-order chi connectivity index (χ1) is 18.3. The molecule has 7 nitrogen and oxygen atoms in total.